The quantitative estimate of drug-likeness (QED) is 0.524. The molecule has 0 aliphatic carbocycles. The molecule has 1 aliphatic heterocycles. The van der Waals surface area contributed by atoms with Crippen LogP contribution < -0.4 is 12.4 Å². The molecule has 1 atom stereocenters. The molecule has 0 amide bonds. The minimum atomic E-state index is -0.432. The fraction of sp³-hybridized carbons (Fsp3) is 0.400. The highest BCUT2D eigenvalue weighted by atomic mass is 35.5. The maximum Gasteiger partial charge on any atom is 0.253 e. The smallest absolute Gasteiger partial charge is 0.253 e. The SMILES string of the molecule is C=CC[N+]1=C(Cc2ccccc2)N(C(C)O)CC1.[Cl-]. The van der Waals surface area contributed by atoms with Gasteiger partial charge in [0.2, 0.25) is 0 Å². The Morgan fingerprint density at radius 1 is 1.42 bits per heavy atom. The van der Waals surface area contributed by atoms with Gasteiger partial charge in [0.25, 0.3) is 5.84 Å². The Morgan fingerprint density at radius 2 is 2.11 bits per heavy atom. The summed E-state index contributed by atoms with van der Waals surface area (Å²) >= 11 is 0. The van der Waals surface area contributed by atoms with Crippen LogP contribution in [0.5, 0.6) is 0 Å². The molecule has 104 valence electrons. The van der Waals surface area contributed by atoms with E-state index in [0.717, 1.165) is 26.1 Å². The van der Waals surface area contributed by atoms with Crippen molar-refractivity contribution in [2.24, 2.45) is 0 Å². The van der Waals surface area contributed by atoms with E-state index in [1.54, 1.807) is 0 Å². The van der Waals surface area contributed by atoms with Crippen molar-refractivity contribution in [1.29, 1.82) is 0 Å². The molecular formula is C15H21ClN2O. The van der Waals surface area contributed by atoms with E-state index in [-0.39, 0.29) is 12.4 Å². The van der Waals surface area contributed by atoms with Crippen LogP contribution in [0.4, 0.5) is 0 Å². The molecule has 0 radical (unpaired) electrons. The van der Waals surface area contributed by atoms with Crippen molar-refractivity contribution in [3.63, 3.8) is 0 Å². The molecule has 4 heteroatoms. The summed E-state index contributed by atoms with van der Waals surface area (Å²) in [6.45, 7) is 8.30. The molecule has 0 fully saturated rings. The minimum absolute atomic E-state index is 0. The second-order valence-corrected chi connectivity index (χ2v) is 4.64. The van der Waals surface area contributed by atoms with E-state index in [9.17, 15) is 5.11 Å². The van der Waals surface area contributed by atoms with Crippen LogP contribution in [0, 0.1) is 0 Å². The Labute approximate surface area is 121 Å². The Morgan fingerprint density at radius 3 is 2.68 bits per heavy atom. The summed E-state index contributed by atoms with van der Waals surface area (Å²) in [5.41, 5.74) is 1.27. The van der Waals surface area contributed by atoms with Gasteiger partial charge in [-0.25, -0.2) is 4.90 Å². The summed E-state index contributed by atoms with van der Waals surface area (Å²) in [6, 6.07) is 10.4. The summed E-state index contributed by atoms with van der Waals surface area (Å²) < 4.78 is 2.28. The molecule has 0 aromatic heterocycles. The third-order valence-corrected chi connectivity index (χ3v) is 3.31. The van der Waals surface area contributed by atoms with E-state index in [2.05, 4.69) is 40.3 Å². The standard InChI is InChI=1S/C15H21N2O.ClH/c1-3-9-16-10-11-17(13(2)18)15(16)12-14-7-5-4-6-8-14;/h3-8,13,18H,1,9-12H2,2H3;1H/q+1;/p-1. The zero-order chi connectivity index (χ0) is 13.0. The van der Waals surface area contributed by atoms with Gasteiger partial charge in [-0.15, -0.1) is 0 Å². The van der Waals surface area contributed by atoms with E-state index >= 15 is 0 Å². The highest BCUT2D eigenvalue weighted by Crippen LogP contribution is 2.11. The Hall–Kier alpha value is -1.32. The average Bonchev–Trinajstić information content (AvgIpc) is 2.74. The van der Waals surface area contributed by atoms with Crippen LogP contribution in [-0.4, -0.2) is 46.3 Å². The predicted molar refractivity (Wildman–Crippen MR) is 73.7 cm³/mol. The van der Waals surface area contributed by atoms with Crippen LogP contribution in [0.1, 0.15) is 12.5 Å². The number of hydrogen-bond donors (Lipinski definition) is 1. The molecule has 1 aliphatic rings. The number of aliphatic hydroxyl groups is 1. The van der Waals surface area contributed by atoms with Crippen LogP contribution in [0.15, 0.2) is 43.0 Å². The molecule has 0 saturated carbocycles. The number of halogens is 1. The lowest BCUT2D eigenvalue weighted by atomic mass is 10.1. The maximum atomic E-state index is 9.84. The lowest BCUT2D eigenvalue weighted by Gasteiger charge is -2.16. The lowest BCUT2D eigenvalue weighted by molar-refractivity contribution is -0.508. The van der Waals surface area contributed by atoms with Gasteiger partial charge in [-0.05, 0) is 5.56 Å². The first kappa shape index (κ1) is 15.7. The predicted octanol–water partition coefficient (Wildman–Crippen LogP) is -1.52. The highest BCUT2D eigenvalue weighted by Gasteiger charge is 2.32. The zero-order valence-corrected chi connectivity index (χ0v) is 12.1. The molecule has 0 bridgehead atoms. The molecule has 0 saturated heterocycles. The second-order valence-electron chi connectivity index (χ2n) is 4.64. The van der Waals surface area contributed by atoms with Crippen molar-refractivity contribution in [3.8, 4) is 0 Å². The first-order valence-electron chi connectivity index (χ1n) is 6.42. The van der Waals surface area contributed by atoms with E-state index < -0.39 is 6.23 Å². The monoisotopic (exact) mass is 280 g/mol. The van der Waals surface area contributed by atoms with Crippen molar-refractivity contribution in [2.45, 2.75) is 19.6 Å². The Balaban J connectivity index is 0.00000180. The molecule has 2 rings (SSSR count). The van der Waals surface area contributed by atoms with Gasteiger partial charge in [0.05, 0.1) is 6.42 Å². The largest absolute Gasteiger partial charge is 1.00 e. The van der Waals surface area contributed by atoms with Crippen molar-refractivity contribution in [3.05, 3.63) is 48.6 Å². The summed E-state index contributed by atoms with van der Waals surface area (Å²) in [7, 11) is 0. The molecule has 19 heavy (non-hydrogen) atoms. The third-order valence-electron chi connectivity index (χ3n) is 3.31. The van der Waals surface area contributed by atoms with Gasteiger partial charge >= 0.3 is 0 Å². The zero-order valence-electron chi connectivity index (χ0n) is 11.3. The maximum absolute atomic E-state index is 9.84. The van der Waals surface area contributed by atoms with Crippen LogP contribution in [0.2, 0.25) is 0 Å². The summed E-state index contributed by atoms with van der Waals surface area (Å²) in [5, 5.41) is 9.84. The summed E-state index contributed by atoms with van der Waals surface area (Å²) in [6.07, 6.45) is 2.34. The molecule has 1 N–H and O–H groups in total. The third kappa shape index (κ3) is 3.82. The number of benzene rings is 1. The number of hydrogen-bond acceptors (Lipinski definition) is 2. The van der Waals surface area contributed by atoms with E-state index in [1.165, 1.54) is 11.4 Å². The van der Waals surface area contributed by atoms with E-state index in [1.807, 2.05) is 19.1 Å². The fourth-order valence-corrected chi connectivity index (χ4v) is 2.41. The minimum Gasteiger partial charge on any atom is -1.00 e. The second kappa shape index (κ2) is 7.31. The Bertz CT molecular complexity index is 443. The normalized spacial score (nSPS) is 16.2. The van der Waals surface area contributed by atoms with Crippen LogP contribution in [0.25, 0.3) is 0 Å². The lowest BCUT2D eigenvalue weighted by Crippen LogP contribution is -3.00. The van der Waals surface area contributed by atoms with Crippen LogP contribution in [-0.2, 0) is 6.42 Å². The fourth-order valence-electron chi connectivity index (χ4n) is 2.41. The highest BCUT2D eigenvalue weighted by molar-refractivity contribution is 5.81. The van der Waals surface area contributed by atoms with Gasteiger partial charge in [-0.2, -0.15) is 0 Å². The van der Waals surface area contributed by atoms with Gasteiger partial charge in [0, 0.05) is 6.92 Å². The number of nitrogens with zero attached hydrogens (tertiary/aromatic N) is 2. The van der Waals surface area contributed by atoms with Crippen molar-refractivity contribution >= 4 is 5.84 Å². The number of aliphatic hydroxyl groups excluding tert-OH is 1. The van der Waals surface area contributed by atoms with Gasteiger partial charge in [-0.1, -0.05) is 43.0 Å². The number of amidine groups is 1. The molecule has 1 unspecified atom stereocenters. The van der Waals surface area contributed by atoms with Crippen molar-refractivity contribution < 1.29 is 22.1 Å². The molecule has 1 aromatic carbocycles. The first-order valence-corrected chi connectivity index (χ1v) is 6.42. The van der Waals surface area contributed by atoms with E-state index in [4.69, 9.17) is 0 Å². The van der Waals surface area contributed by atoms with Gasteiger partial charge in [0.1, 0.15) is 19.6 Å². The van der Waals surface area contributed by atoms with Gasteiger partial charge < -0.3 is 17.5 Å². The molecule has 0 spiro atoms. The first-order chi connectivity index (χ1) is 8.72. The van der Waals surface area contributed by atoms with E-state index in [0.29, 0.717) is 0 Å². The molecule has 1 heterocycles. The van der Waals surface area contributed by atoms with Gasteiger partial charge in [-0.3, -0.25) is 4.58 Å². The topological polar surface area (TPSA) is 26.5 Å². The van der Waals surface area contributed by atoms with Gasteiger partial charge in [0.15, 0.2) is 6.23 Å². The van der Waals surface area contributed by atoms with Crippen molar-refractivity contribution in [2.75, 3.05) is 19.6 Å². The molecule has 1 aromatic rings. The molecule has 3 nitrogen and oxygen atoms in total. The van der Waals surface area contributed by atoms with Crippen molar-refractivity contribution in [1.82, 2.24) is 4.90 Å². The van der Waals surface area contributed by atoms with Crippen LogP contribution in [0.3, 0.4) is 0 Å². The summed E-state index contributed by atoms with van der Waals surface area (Å²) in [4.78, 5) is 2.07. The Kier molecular flexibility index (Phi) is 6.06. The number of rotatable bonds is 5. The summed E-state index contributed by atoms with van der Waals surface area (Å²) in [5.74, 6) is 1.19. The average molecular weight is 281 g/mol. The molecular weight excluding hydrogens is 260 g/mol. The van der Waals surface area contributed by atoms with Crippen LogP contribution >= 0.6 is 0 Å².